The standard InChI is InChI=1S/C15H16BrF2N3O.C2H6/c1-9-7-10(16)8-11-12(9)19-14(20(2)13(11)22)21-5-3-15(17,18)4-6-21;1-2/h7-8H,3-6H2,1-2H3;1-2H3. The first-order chi connectivity index (χ1) is 11.3. The lowest BCUT2D eigenvalue weighted by molar-refractivity contribution is -0.0223. The number of nitrogens with zero attached hydrogens (tertiary/aromatic N) is 3. The molecular formula is C17H22BrF2N3O. The maximum atomic E-state index is 13.3. The van der Waals surface area contributed by atoms with Gasteiger partial charge in [-0.25, -0.2) is 13.8 Å². The molecule has 0 aliphatic carbocycles. The fourth-order valence-corrected chi connectivity index (χ4v) is 3.38. The average Bonchev–Trinajstić information content (AvgIpc) is 2.54. The summed E-state index contributed by atoms with van der Waals surface area (Å²) in [6, 6.07) is 3.63. The second kappa shape index (κ2) is 7.17. The zero-order valence-corrected chi connectivity index (χ0v) is 16.0. The van der Waals surface area contributed by atoms with Gasteiger partial charge in [-0.1, -0.05) is 29.8 Å². The van der Waals surface area contributed by atoms with Gasteiger partial charge in [0.1, 0.15) is 0 Å². The van der Waals surface area contributed by atoms with Gasteiger partial charge in [-0.2, -0.15) is 0 Å². The highest BCUT2D eigenvalue weighted by Gasteiger charge is 2.35. The smallest absolute Gasteiger partial charge is 0.262 e. The Hall–Kier alpha value is -1.50. The van der Waals surface area contributed by atoms with Gasteiger partial charge in [0.2, 0.25) is 5.95 Å². The maximum absolute atomic E-state index is 13.3. The Kier molecular flexibility index (Phi) is 5.63. The fourth-order valence-electron chi connectivity index (χ4n) is 2.81. The summed E-state index contributed by atoms with van der Waals surface area (Å²) in [5.41, 5.74) is 1.34. The van der Waals surface area contributed by atoms with E-state index in [1.165, 1.54) is 4.57 Å². The molecule has 1 aromatic heterocycles. The normalized spacial score (nSPS) is 16.7. The highest BCUT2D eigenvalue weighted by Crippen LogP contribution is 2.30. The monoisotopic (exact) mass is 401 g/mol. The van der Waals surface area contributed by atoms with Crippen LogP contribution in [0.2, 0.25) is 0 Å². The predicted molar refractivity (Wildman–Crippen MR) is 97.2 cm³/mol. The van der Waals surface area contributed by atoms with E-state index in [4.69, 9.17) is 0 Å². The lowest BCUT2D eigenvalue weighted by Crippen LogP contribution is -2.42. The zero-order valence-electron chi connectivity index (χ0n) is 14.4. The summed E-state index contributed by atoms with van der Waals surface area (Å²) in [4.78, 5) is 18.9. The summed E-state index contributed by atoms with van der Waals surface area (Å²) in [7, 11) is 1.63. The first-order valence-corrected chi connectivity index (χ1v) is 8.87. The summed E-state index contributed by atoms with van der Waals surface area (Å²) >= 11 is 3.38. The van der Waals surface area contributed by atoms with Crippen LogP contribution in [-0.4, -0.2) is 28.6 Å². The van der Waals surface area contributed by atoms with Gasteiger partial charge in [-0.05, 0) is 24.6 Å². The molecule has 1 saturated heterocycles. The van der Waals surface area contributed by atoms with Crippen LogP contribution >= 0.6 is 15.9 Å². The Morgan fingerprint density at radius 1 is 1.21 bits per heavy atom. The van der Waals surface area contributed by atoms with Crippen LogP contribution in [0.25, 0.3) is 10.9 Å². The SMILES string of the molecule is CC.Cc1cc(Br)cc2c(=O)n(C)c(N3CCC(F)(F)CC3)nc12. The molecule has 1 aliphatic rings. The number of alkyl halides is 2. The topological polar surface area (TPSA) is 38.1 Å². The van der Waals surface area contributed by atoms with Crippen molar-refractivity contribution in [1.82, 2.24) is 9.55 Å². The molecule has 0 bridgehead atoms. The Morgan fingerprint density at radius 2 is 1.79 bits per heavy atom. The molecule has 3 rings (SSSR count). The first-order valence-electron chi connectivity index (χ1n) is 8.08. The Morgan fingerprint density at radius 3 is 2.38 bits per heavy atom. The molecule has 2 aromatic rings. The molecule has 132 valence electrons. The highest BCUT2D eigenvalue weighted by molar-refractivity contribution is 9.10. The molecule has 1 fully saturated rings. The van der Waals surface area contributed by atoms with Crippen molar-refractivity contribution < 1.29 is 8.78 Å². The minimum Gasteiger partial charge on any atom is -0.342 e. The molecule has 24 heavy (non-hydrogen) atoms. The number of halogens is 3. The van der Waals surface area contributed by atoms with Crippen LogP contribution in [0.15, 0.2) is 21.4 Å². The quantitative estimate of drug-likeness (QED) is 0.715. The van der Waals surface area contributed by atoms with E-state index in [1.54, 1.807) is 18.0 Å². The molecule has 7 heteroatoms. The van der Waals surface area contributed by atoms with Gasteiger partial charge in [0.25, 0.3) is 11.5 Å². The number of rotatable bonds is 1. The van der Waals surface area contributed by atoms with Crippen molar-refractivity contribution in [3.8, 4) is 0 Å². The van der Waals surface area contributed by atoms with Gasteiger partial charge in [-0.15, -0.1) is 0 Å². The van der Waals surface area contributed by atoms with Gasteiger partial charge in [0.05, 0.1) is 10.9 Å². The third-order valence-corrected chi connectivity index (χ3v) is 4.55. The second-order valence-electron chi connectivity index (χ2n) is 5.74. The van der Waals surface area contributed by atoms with Crippen LogP contribution in [-0.2, 0) is 7.05 Å². The van der Waals surface area contributed by atoms with Gasteiger partial charge in [-0.3, -0.25) is 9.36 Å². The maximum Gasteiger partial charge on any atom is 0.262 e. The van der Waals surface area contributed by atoms with Crippen molar-refractivity contribution in [1.29, 1.82) is 0 Å². The summed E-state index contributed by atoms with van der Waals surface area (Å²) < 4.78 is 28.9. The van der Waals surface area contributed by atoms with Crippen molar-refractivity contribution in [2.75, 3.05) is 18.0 Å². The molecule has 0 N–H and O–H groups in total. The van der Waals surface area contributed by atoms with Crippen LogP contribution in [0.1, 0.15) is 32.3 Å². The third-order valence-electron chi connectivity index (χ3n) is 4.09. The van der Waals surface area contributed by atoms with Crippen LogP contribution in [0.4, 0.5) is 14.7 Å². The third kappa shape index (κ3) is 3.61. The summed E-state index contributed by atoms with van der Waals surface area (Å²) in [5.74, 6) is -2.16. The molecule has 0 unspecified atom stereocenters. The number of anilines is 1. The molecule has 0 amide bonds. The van der Waals surface area contributed by atoms with Gasteiger partial charge in [0.15, 0.2) is 0 Å². The van der Waals surface area contributed by atoms with Gasteiger partial charge < -0.3 is 4.90 Å². The molecule has 0 spiro atoms. The van der Waals surface area contributed by atoms with Crippen molar-refractivity contribution >= 4 is 32.8 Å². The zero-order chi connectivity index (χ0) is 18.1. The number of aromatic nitrogens is 2. The summed E-state index contributed by atoms with van der Waals surface area (Å²) in [5, 5.41) is 0.528. The van der Waals surface area contributed by atoms with E-state index < -0.39 is 5.92 Å². The predicted octanol–water partition coefficient (Wildman–Crippen LogP) is 4.27. The van der Waals surface area contributed by atoms with E-state index in [-0.39, 0.29) is 31.5 Å². The van der Waals surface area contributed by atoms with Crippen LogP contribution < -0.4 is 10.5 Å². The van der Waals surface area contributed by atoms with E-state index >= 15 is 0 Å². The second-order valence-corrected chi connectivity index (χ2v) is 6.65. The minimum atomic E-state index is -2.62. The largest absolute Gasteiger partial charge is 0.342 e. The Bertz CT molecular complexity index is 795. The van der Waals surface area contributed by atoms with Crippen molar-refractivity contribution in [2.45, 2.75) is 39.5 Å². The Balaban J connectivity index is 0.00000100. The molecule has 0 radical (unpaired) electrons. The Labute approximate surface area is 148 Å². The molecule has 1 aromatic carbocycles. The molecule has 0 saturated carbocycles. The lowest BCUT2D eigenvalue weighted by Gasteiger charge is -2.33. The highest BCUT2D eigenvalue weighted by atomic mass is 79.9. The van der Waals surface area contributed by atoms with Crippen LogP contribution in [0, 0.1) is 6.92 Å². The lowest BCUT2D eigenvalue weighted by atomic mass is 10.1. The summed E-state index contributed by atoms with van der Waals surface area (Å²) in [6.45, 7) is 6.29. The molecule has 0 atom stereocenters. The minimum absolute atomic E-state index is 0.165. The number of aryl methyl sites for hydroxylation is 1. The number of hydrogen-bond donors (Lipinski definition) is 0. The van der Waals surface area contributed by atoms with E-state index in [0.717, 1.165) is 10.0 Å². The van der Waals surface area contributed by atoms with Crippen LogP contribution in [0.5, 0.6) is 0 Å². The molecule has 4 nitrogen and oxygen atoms in total. The van der Waals surface area contributed by atoms with E-state index in [1.807, 2.05) is 26.8 Å². The number of fused-ring (bicyclic) bond motifs is 1. The molecule has 2 heterocycles. The van der Waals surface area contributed by atoms with Crippen molar-refractivity contribution in [2.24, 2.45) is 7.05 Å². The fraction of sp³-hybridized carbons (Fsp3) is 0.529. The van der Waals surface area contributed by atoms with Gasteiger partial charge in [0, 0.05) is 37.5 Å². The number of hydrogen-bond acceptors (Lipinski definition) is 3. The van der Waals surface area contributed by atoms with Crippen molar-refractivity contribution in [3.63, 3.8) is 0 Å². The van der Waals surface area contributed by atoms with Crippen LogP contribution in [0.3, 0.4) is 0 Å². The first kappa shape index (κ1) is 18.8. The number of benzene rings is 1. The summed E-state index contributed by atoms with van der Waals surface area (Å²) in [6.07, 6.45) is -0.416. The molecule has 1 aliphatic heterocycles. The average molecular weight is 402 g/mol. The van der Waals surface area contributed by atoms with E-state index in [0.29, 0.717) is 16.9 Å². The van der Waals surface area contributed by atoms with Crippen molar-refractivity contribution in [3.05, 3.63) is 32.5 Å². The molecular weight excluding hydrogens is 380 g/mol. The van der Waals surface area contributed by atoms with Gasteiger partial charge >= 0.3 is 0 Å². The van der Waals surface area contributed by atoms with E-state index in [9.17, 15) is 13.6 Å². The number of piperidine rings is 1. The van der Waals surface area contributed by atoms with E-state index in [2.05, 4.69) is 20.9 Å².